The Balaban J connectivity index is 0.000000891. The van der Waals surface area contributed by atoms with Crippen LogP contribution in [0.15, 0.2) is 35.3 Å². The highest BCUT2D eigenvalue weighted by molar-refractivity contribution is 5.83. The van der Waals surface area contributed by atoms with E-state index in [-0.39, 0.29) is 0 Å². The summed E-state index contributed by atoms with van der Waals surface area (Å²) in [4.78, 5) is 22.5. The molecule has 8 nitrogen and oxygen atoms in total. The predicted molar refractivity (Wildman–Crippen MR) is 96.3 cm³/mol. The molecule has 1 aromatic carbocycles. The minimum atomic E-state index is -0.933. The third kappa shape index (κ3) is 6.41. The van der Waals surface area contributed by atoms with E-state index in [2.05, 4.69) is 20.7 Å². The average Bonchev–Trinajstić information content (AvgIpc) is 2.97. The monoisotopic (exact) mass is 330 g/mol. The molecule has 0 aliphatic heterocycles. The summed E-state index contributed by atoms with van der Waals surface area (Å²) < 4.78 is 0. The number of nitrogens with one attached hydrogen (secondary N) is 2. The summed E-state index contributed by atoms with van der Waals surface area (Å²) in [7, 11) is 0. The summed E-state index contributed by atoms with van der Waals surface area (Å²) in [5, 5.41) is 14.9. The minimum absolute atomic E-state index is 0.445. The van der Waals surface area contributed by atoms with Gasteiger partial charge in [-0.25, -0.2) is 9.78 Å². The number of H-pyrrole nitrogens is 1. The largest absolute Gasteiger partial charge is 0.480 e. The van der Waals surface area contributed by atoms with Crippen molar-refractivity contribution in [2.75, 3.05) is 6.54 Å². The number of nitrogens with zero attached hydrogens (tertiary/aromatic N) is 2. The van der Waals surface area contributed by atoms with Gasteiger partial charge in [0.2, 0.25) is 0 Å². The van der Waals surface area contributed by atoms with Gasteiger partial charge < -0.3 is 21.6 Å². The Kier molecular flexibility index (Phi) is 8.48. The molecule has 0 aliphatic rings. The smallest absolute Gasteiger partial charge is 0.328 e. The normalized spacial score (nSPS) is 12.2. The SMILES string of the molecule is N=CN.NCCCC(N=C/C=C/c1nc2ccccc2[nH]1)C(=O)O. The number of aliphatic carboxylic acids is 1. The first-order valence-corrected chi connectivity index (χ1v) is 7.40. The molecular weight excluding hydrogens is 308 g/mol. The number of carbonyl (C=O) groups is 1. The maximum Gasteiger partial charge on any atom is 0.328 e. The van der Waals surface area contributed by atoms with Crippen molar-refractivity contribution < 1.29 is 9.90 Å². The van der Waals surface area contributed by atoms with E-state index in [4.69, 9.17) is 16.2 Å². The van der Waals surface area contributed by atoms with E-state index >= 15 is 0 Å². The van der Waals surface area contributed by atoms with E-state index in [9.17, 15) is 4.79 Å². The van der Waals surface area contributed by atoms with Gasteiger partial charge in [-0.2, -0.15) is 0 Å². The van der Waals surface area contributed by atoms with Crippen LogP contribution in [0, 0.1) is 5.41 Å². The molecule has 8 heteroatoms. The molecule has 1 heterocycles. The molecule has 128 valence electrons. The fraction of sp³-hybridized carbons (Fsp3) is 0.250. The van der Waals surface area contributed by atoms with E-state index in [0.29, 0.717) is 25.2 Å². The van der Waals surface area contributed by atoms with Gasteiger partial charge in [0.15, 0.2) is 0 Å². The number of para-hydroxylation sites is 2. The molecule has 0 radical (unpaired) electrons. The molecule has 1 atom stereocenters. The number of fused-ring (bicyclic) bond motifs is 1. The van der Waals surface area contributed by atoms with Gasteiger partial charge >= 0.3 is 5.97 Å². The minimum Gasteiger partial charge on any atom is -0.480 e. The second kappa shape index (κ2) is 10.7. The number of carboxylic acids is 1. The molecule has 0 fully saturated rings. The van der Waals surface area contributed by atoms with Crippen LogP contribution in [0.25, 0.3) is 17.1 Å². The Morgan fingerprint density at radius 1 is 1.46 bits per heavy atom. The Morgan fingerprint density at radius 3 is 2.79 bits per heavy atom. The van der Waals surface area contributed by atoms with Crippen LogP contribution in [0.1, 0.15) is 18.7 Å². The van der Waals surface area contributed by atoms with Gasteiger partial charge in [0.05, 0.1) is 17.4 Å². The molecule has 1 unspecified atom stereocenters. The number of rotatable bonds is 7. The van der Waals surface area contributed by atoms with Crippen molar-refractivity contribution in [1.82, 2.24) is 9.97 Å². The summed E-state index contributed by atoms with van der Waals surface area (Å²) in [6.07, 6.45) is 6.76. The zero-order chi connectivity index (χ0) is 17.8. The molecule has 1 aromatic heterocycles. The summed E-state index contributed by atoms with van der Waals surface area (Å²) >= 11 is 0. The summed E-state index contributed by atoms with van der Waals surface area (Å²) in [6.45, 7) is 0.466. The number of nitrogens with two attached hydrogens (primary N) is 2. The Hall–Kier alpha value is -3.00. The van der Waals surface area contributed by atoms with Crippen LogP contribution >= 0.6 is 0 Å². The summed E-state index contributed by atoms with van der Waals surface area (Å²) in [6, 6.07) is 6.98. The van der Waals surface area contributed by atoms with Gasteiger partial charge in [-0.1, -0.05) is 12.1 Å². The molecule has 0 amide bonds. The van der Waals surface area contributed by atoms with Crippen LogP contribution in [-0.2, 0) is 4.79 Å². The second-order valence-corrected chi connectivity index (χ2v) is 4.75. The molecule has 0 bridgehead atoms. The molecule has 2 aromatic rings. The highest BCUT2D eigenvalue weighted by Gasteiger charge is 2.13. The van der Waals surface area contributed by atoms with Crippen molar-refractivity contribution in [3.05, 3.63) is 36.2 Å². The van der Waals surface area contributed by atoms with E-state index in [0.717, 1.165) is 17.4 Å². The van der Waals surface area contributed by atoms with Crippen molar-refractivity contribution >= 4 is 35.6 Å². The first-order chi connectivity index (χ1) is 11.6. The maximum atomic E-state index is 11.0. The predicted octanol–water partition coefficient (Wildman–Crippen LogP) is 1.39. The third-order valence-electron chi connectivity index (χ3n) is 2.98. The highest BCUT2D eigenvalue weighted by atomic mass is 16.4. The van der Waals surface area contributed by atoms with Crippen molar-refractivity contribution in [3.8, 4) is 0 Å². The lowest BCUT2D eigenvalue weighted by molar-refractivity contribution is -0.138. The van der Waals surface area contributed by atoms with Gasteiger partial charge in [-0.3, -0.25) is 10.4 Å². The first-order valence-electron chi connectivity index (χ1n) is 7.40. The maximum absolute atomic E-state index is 11.0. The number of aliphatic imine (C=N–C) groups is 1. The van der Waals surface area contributed by atoms with Crippen LogP contribution < -0.4 is 11.5 Å². The Morgan fingerprint density at radius 2 is 2.17 bits per heavy atom. The summed E-state index contributed by atoms with van der Waals surface area (Å²) in [5.41, 5.74) is 11.6. The van der Waals surface area contributed by atoms with Crippen LogP contribution in [0.5, 0.6) is 0 Å². The third-order valence-corrected chi connectivity index (χ3v) is 2.98. The quantitative estimate of drug-likeness (QED) is 0.383. The van der Waals surface area contributed by atoms with Gasteiger partial charge in [0.1, 0.15) is 11.9 Å². The van der Waals surface area contributed by atoms with Gasteiger partial charge in [-0.15, -0.1) is 0 Å². The Bertz CT molecular complexity index is 674. The zero-order valence-corrected chi connectivity index (χ0v) is 13.2. The van der Waals surface area contributed by atoms with E-state index in [1.54, 1.807) is 12.2 Å². The number of hydrogen-bond donors (Lipinski definition) is 5. The van der Waals surface area contributed by atoms with Crippen LogP contribution in [0.3, 0.4) is 0 Å². The van der Waals surface area contributed by atoms with Gasteiger partial charge in [0, 0.05) is 6.21 Å². The number of imidazole rings is 1. The molecule has 24 heavy (non-hydrogen) atoms. The Labute approximate surface area is 139 Å². The van der Waals surface area contributed by atoms with Crippen molar-refractivity contribution in [1.29, 1.82) is 5.41 Å². The van der Waals surface area contributed by atoms with Crippen molar-refractivity contribution in [2.45, 2.75) is 18.9 Å². The molecule has 0 spiro atoms. The van der Waals surface area contributed by atoms with Crippen molar-refractivity contribution in [3.63, 3.8) is 0 Å². The molecule has 0 aliphatic carbocycles. The lowest BCUT2D eigenvalue weighted by atomic mass is 10.1. The van der Waals surface area contributed by atoms with E-state index < -0.39 is 12.0 Å². The molecular formula is C16H22N6O2. The molecule has 0 saturated carbocycles. The number of aromatic amines is 1. The van der Waals surface area contributed by atoms with E-state index in [1.165, 1.54) is 6.21 Å². The lowest BCUT2D eigenvalue weighted by Crippen LogP contribution is -2.19. The molecule has 7 N–H and O–H groups in total. The number of carboxylic acid groups (broad SMARTS) is 1. The number of hydrogen-bond acceptors (Lipinski definition) is 5. The second-order valence-electron chi connectivity index (χ2n) is 4.75. The number of benzene rings is 1. The lowest BCUT2D eigenvalue weighted by Gasteiger charge is -2.04. The topological polar surface area (TPSA) is 154 Å². The van der Waals surface area contributed by atoms with Gasteiger partial charge in [-0.05, 0) is 43.7 Å². The molecule has 0 saturated heterocycles. The number of aromatic nitrogens is 2. The van der Waals surface area contributed by atoms with Crippen LogP contribution in [0.2, 0.25) is 0 Å². The zero-order valence-electron chi connectivity index (χ0n) is 13.2. The first kappa shape index (κ1) is 19.0. The highest BCUT2D eigenvalue weighted by Crippen LogP contribution is 2.10. The summed E-state index contributed by atoms with van der Waals surface area (Å²) in [5.74, 6) is -0.228. The standard InChI is InChI=1S/C15H18N4O2.CH4N2/c16-9-3-7-13(15(20)21)17-10-4-8-14-18-11-5-1-2-6-12(11)19-14;2-1-3/h1-2,4-6,8,10,13H,3,7,9,16H2,(H,18,19)(H,20,21);1H,(H3,2,3)/b8-4+,17-10?;. The van der Waals surface area contributed by atoms with Gasteiger partial charge in [0.25, 0.3) is 0 Å². The fourth-order valence-electron chi connectivity index (χ4n) is 1.91. The van der Waals surface area contributed by atoms with Crippen LogP contribution in [0.4, 0.5) is 0 Å². The fourth-order valence-corrected chi connectivity index (χ4v) is 1.91. The van der Waals surface area contributed by atoms with Crippen LogP contribution in [-0.4, -0.2) is 46.2 Å². The average molecular weight is 330 g/mol. The van der Waals surface area contributed by atoms with Crippen molar-refractivity contribution in [2.24, 2.45) is 16.5 Å². The molecule has 2 rings (SSSR count). The van der Waals surface area contributed by atoms with E-state index in [1.807, 2.05) is 24.3 Å². The number of allylic oxidation sites excluding steroid dienone is 1.